The number of hydrogen-bond acceptors (Lipinski definition) is 4. The van der Waals surface area contributed by atoms with Crippen molar-refractivity contribution in [3.8, 4) is 11.5 Å². The number of nitrogens with one attached hydrogen (secondary N) is 1. The molecule has 0 unspecified atom stereocenters. The topological polar surface area (TPSA) is 51.0 Å². The van der Waals surface area contributed by atoms with Crippen molar-refractivity contribution < 1.29 is 4.52 Å². The highest BCUT2D eigenvalue weighted by Crippen LogP contribution is 2.24. The molecule has 0 saturated carbocycles. The monoisotopic (exact) mass is 333 g/mol. The van der Waals surface area contributed by atoms with Crippen LogP contribution in [-0.4, -0.2) is 23.2 Å². The van der Waals surface area contributed by atoms with Gasteiger partial charge in [-0.2, -0.15) is 4.98 Å². The molecule has 4 rings (SSSR count). The summed E-state index contributed by atoms with van der Waals surface area (Å²) in [6.45, 7) is 6.30. The van der Waals surface area contributed by atoms with Crippen LogP contribution in [0.2, 0.25) is 0 Å². The number of aryl methyl sites for hydroxylation is 2. The predicted molar refractivity (Wildman–Crippen MR) is 98.7 cm³/mol. The third kappa shape index (κ3) is 3.49. The van der Waals surface area contributed by atoms with Gasteiger partial charge >= 0.3 is 0 Å². The fraction of sp³-hybridized carbons (Fsp3) is 0.333. The second-order valence-electron chi connectivity index (χ2n) is 6.86. The van der Waals surface area contributed by atoms with Crippen molar-refractivity contribution in [2.75, 3.05) is 13.1 Å². The second kappa shape index (κ2) is 6.81. The van der Waals surface area contributed by atoms with E-state index in [0.29, 0.717) is 12.3 Å². The van der Waals surface area contributed by atoms with E-state index >= 15 is 0 Å². The Balaban J connectivity index is 1.59. The number of nitrogens with zero attached hydrogens (tertiary/aromatic N) is 2. The van der Waals surface area contributed by atoms with E-state index in [1.807, 2.05) is 0 Å². The summed E-state index contributed by atoms with van der Waals surface area (Å²) in [5.74, 6) is 1.35. The quantitative estimate of drug-likeness (QED) is 0.795. The lowest BCUT2D eigenvalue weighted by molar-refractivity contribution is 0.424. The third-order valence-electron chi connectivity index (χ3n) is 4.92. The molecule has 0 amide bonds. The molecule has 128 valence electrons. The summed E-state index contributed by atoms with van der Waals surface area (Å²) in [7, 11) is 0. The Morgan fingerprint density at radius 3 is 2.72 bits per heavy atom. The summed E-state index contributed by atoms with van der Waals surface area (Å²) < 4.78 is 5.54. The van der Waals surface area contributed by atoms with Gasteiger partial charge in [-0.25, -0.2) is 0 Å². The third-order valence-corrected chi connectivity index (χ3v) is 4.92. The first-order chi connectivity index (χ1) is 12.2. The van der Waals surface area contributed by atoms with Crippen LogP contribution in [-0.2, 0) is 19.3 Å². The summed E-state index contributed by atoms with van der Waals surface area (Å²) >= 11 is 0. The number of fused-ring (bicyclic) bond motifs is 1. The van der Waals surface area contributed by atoms with Crippen LogP contribution >= 0.6 is 0 Å². The first-order valence-corrected chi connectivity index (χ1v) is 8.90. The maximum Gasteiger partial charge on any atom is 0.257 e. The molecule has 4 nitrogen and oxygen atoms in total. The van der Waals surface area contributed by atoms with E-state index in [-0.39, 0.29) is 0 Å². The summed E-state index contributed by atoms with van der Waals surface area (Å²) in [4.78, 5) is 4.63. The van der Waals surface area contributed by atoms with Crippen LogP contribution in [0, 0.1) is 13.8 Å². The Hall–Kier alpha value is -2.46. The maximum absolute atomic E-state index is 5.54. The van der Waals surface area contributed by atoms with Crippen LogP contribution in [0.5, 0.6) is 0 Å². The Morgan fingerprint density at radius 1 is 1.00 bits per heavy atom. The average molecular weight is 333 g/mol. The van der Waals surface area contributed by atoms with Gasteiger partial charge in [0.1, 0.15) is 0 Å². The van der Waals surface area contributed by atoms with E-state index in [2.05, 4.69) is 65.7 Å². The lowest BCUT2D eigenvalue weighted by Crippen LogP contribution is -2.16. The molecular weight excluding hydrogens is 310 g/mol. The minimum Gasteiger partial charge on any atom is -0.334 e. The van der Waals surface area contributed by atoms with Gasteiger partial charge in [-0.05, 0) is 74.2 Å². The molecule has 1 aliphatic rings. The fourth-order valence-electron chi connectivity index (χ4n) is 3.41. The van der Waals surface area contributed by atoms with E-state index in [0.717, 1.165) is 37.3 Å². The van der Waals surface area contributed by atoms with Crippen molar-refractivity contribution in [3.05, 3.63) is 70.0 Å². The molecule has 2 heterocycles. The van der Waals surface area contributed by atoms with Gasteiger partial charge in [0.05, 0.1) is 0 Å². The summed E-state index contributed by atoms with van der Waals surface area (Å²) in [5, 5.41) is 7.63. The fourth-order valence-corrected chi connectivity index (χ4v) is 3.41. The normalized spacial score (nSPS) is 14.2. The molecular formula is C21H23N3O. The molecule has 0 bridgehead atoms. The summed E-state index contributed by atoms with van der Waals surface area (Å²) in [6, 6.07) is 13.0. The number of benzene rings is 2. The van der Waals surface area contributed by atoms with Gasteiger partial charge in [0.15, 0.2) is 5.82 Å². The Labute approximate surface area is 148 Å². The zero-order chi connectivity index (χ0) is 17.2. The SMILES string of the molecule is Cc1ccc(C)c(Cc2noc(-c3ccc4c(c3)CCNCC4)n2)c1. The predicted octanol–water partition coefficient (Wildman–Crippen LogP) is 3.63. The maximum atomic E-state index is 5.54. The highest BCUT2D eigenvalue weighted by atomic mass is 16.5. The summed E-state index contributed by atoms with van der Waals surface area (Å²) in [6.07, 6.45) is 2.83. The molecule has 0 aliphatic carbocycles. The van der Waals surface area contributed by atoms with E-state index in [4.69, 9.17) is 4.52 Å². The average Bonchev–Trinajstić information content (AvgIpc) is 2.94. The molecule has 0 spiro atoms. The molecule has 2 aromatic carbocycles. The van der Waals surface area contributed by atoms with Gasteiger partial charge in [0.2, 0.25) is 0 Å². The van der Waals surface area contributed by atoms with E-state index in [1.54, 1.807) is 0 Å². The minimum atomic E-state index is 0.611. The molecule has 0 atom stereocenters. The van der Waals surface area contributed by atoms with E-state index in [1.165, 1.54) is 27.8 Å². The Morgan fingerprint density at radius 2 is 1.84 bits per heavy atom. The highest BCUT2D eigenvalue weighted by Gasteiger charge is 2.14. The van der Waals surface area contributed by atoms with Crippen LogP contribution in [0.1, 0.15) is 33.6 Å². The van der Waals surface area contributed by atoms with Crippen LogP contribution < -0.4 is 5.32 Å². The molecule has 0 radical (unpaired) electrons. The van der Waals surface area contributed by atoms with Crippen molar-refractivity contribution in [1.29, 1.82) is 0 Å². The molecule has 0 fully saturated rings. The number of hydrogen-bond donors (Lipinski definition) is 1. The van der Waals surface area contributed by atoms with Gasteiger partial charge < -0.3 is 9.84 Å². The van der Waals surface area contributed by atoms with Crippen molar-refractivity contribution >= 4 is 0 Å². The van der Waals surface area contributed by atoms with Crippen LogP contribution in [0.3, 0.4) is 0 Å². The van der Waals surface area contributed by atoms with Crippen molar-refractivity contribution in [1.82, 2.24) is 15.5 Å². The molecule has 3 aromatic rings. The molecule has 1 aliphatic heterocycles. The molecule has 1 N–H and O–H groups in total. The largest absolute Gasteiger partial charge is 0.334 e. The first-order valence-electron chi connectivity index (χ1n) is 8.90. The summed E-state index contributed by atoms with van der Waals surface area (Å²) in [5.41, 5.74) is 7.58. The van der Waals surface area contributed by atoms with Crippen LogP contribution in [0.15, 0.2) is 40.9 Å². The zero-order valence-corrected chi connectivity index (χ0v) is 14.8. The van der Waals surface area contributed by atoms with Gasteiger partial charge in [-0.15, -0.1) is 0 Å². The zero-order valence-electron chi connectivity index (χ0n) is 14.8. The van der Waals surface area contributed by atoms with Gasteiger partial charge in [-0.1, -0.05) is 35.0 Å². The van der Waals surface area contributed by atoms with Gasteiger partial charge in [0.25, 0.3) is 5.89 Å². The first kappa shape index (κ1) is 16.0. The molecule has 25 heavy (non-hydrogen) atoms. The van der Waals surface area contributed by atoms with Crippen LogP contribution in [0.4, 0.5) is 0 Å². The van der Waals surface area contributed by atoms with Gasteiger partial charge in [0, 0.05) is 12.0 Å². The number of rotatable bonds is 3. The highest BCUT2D eigenvalue weighted by molar-refractivity contribution is 5.56. The van der Waals surface area contributed by atoms with Crippen LogP contribution in [0.25, 0.3) is 11.5 Å². The van der Waals surface area contributed by atoms with Crippen molar-refractivity contribution in [2.45, 2.75) is 33.1 Å². The lowest BCUT2D eigenvalue weighted by atomic mass is 10.00. The smallest absolute Gasteiger partial charge is 0.257 e. The standard InChI is InChI=1S/C21H23N3O/c1-14-3-4-15(2)19(11-14)13-20-23-21(25-24-20)18-6-5-16-7-9-22-10-8-17(16)12-18/h3-6,11-12,22H,7-10,13H2,1-2H3. The van der Waals surface area contributed by atoms with Gasteiger partial charge in [-0.3, -0.25) is 0 Å². The second-order valence-corrected chi connectivity index (χ2v) is 6.86. The van der Waals surface area contributed by atoms with E-state index in [9.17, 15) is 0 Å². The van der Waals surface area contributed by atoms with E-state index < -0.39 is 0 Å². The van der Waals surface area contributed by atoms with Crippen molar-refractivity contribution in [2.24, 2.45) is 0 Å². The molecule has 0 saturated heterocycles. The molecule has 1 aromatic heterocycles. The Bertz CT molecular complexity index is 898. The molecule has 4 heteroatoms. The number of aromatic nitrogens is 2. The lowest BCUT2D eigenvalue weighted by Gasteiger charge is -2.06. The van der Waals surface area contributed by atoms with Crippen molar-refractivity contribution in [3.63, 3.8) is 0 Å². The minimum absolute atomic E-state index is 0.611. The Kier molecular flexibility index (Phi) is 4.36.